The Morgan fingerprint density at radius 3 is 2.50 bits per heavy atom. The van der Waals surface area contributed by atoms with Gasteiger partial charge in [0.1, 0.15) is 5.71 Å². The van der Waals surface area contributed by atoms with Gasteiger partial charge in [-0.05, 0) is 6.92 Å². The standard InChI is InChI=1S/C12H12N4O4/c1-7-3-5-8(6-4-7)9-10(11(17)18)13-15-16(14-9)12(19)20-2/h3-6,15H,1-2H3,(H,17,18). The molecule has 20 heavy (non-hydrogen) atoms. The van der Waals surface area contributed by atoms with Gasteiger partial charge in [-0.15, -0.1) is 10.2 Å². The van der Waals surface area contributed by atoms with Gasteiger partial charge in [-0.2, -0.15) is 5.53 Å². The van der Waals surface area contributed by atoms with Crippen molar-refractivity contribution in [1.29, 1.82) is 0 Å². The van der Waals surface area contributed by atoms with E-state index in [4.69, 9.17) is 5.11 Å². The predicted molar refractivity (Wildman–Crippen MR) is 70.2 cm³/mol. The second-order valence-electron chi connectivity index (χ2n) is 3.96. The summed E-state index contributed by atoms with van der Waals surface area (Å²) in [5.74, 6) is -1.25. The lowest BCUT2D eigenvalue weighted by Gasteiger charge is -2.20. The summed E-state index contributed by atoms with van der Waals surface area (Å²) in [6, 6.07) is 7.02. The number of hydrogen-bond donors (Lipinski definition) is 2. The Morgan fingerprint density at radius 2 is 1.95 bits per heavy atom. The number of carboxylic acids is 1. The molecule has 0 radical (unpaired) electrons. The average Bonchev–Trinajstić information content (AvgIpc) is 2.46. The lowest BCUT2D eigenvalue weighted by molar-refractivity contribution is -0.129. The van der Waals surface area contributed by atoms with Crippen LogP contribution in [-0.4, -0.2) is 40.8 Å². The van der Waals surface area contributed by atoms with Crippen LogP contribution in [0.2, 0.25) is 0 Å². The van der Waals surface area contributed by atoms with Gasteiger partial charge in [-0.3, -0.25) is 0 Å². The molecule has 0 aromatic heterocycles. The second kappa shape index (κ2) is 5.39. The molecule has 2 rings (SSSR count). The van der Waals surface area contributed by atoms with Crippen LogP contribution in [0.5, 0.6) is 0 Å². The zero-order chi connectivity index (χ0) is 14.7. The summed E-state index contributed by atoms with van der Waals surface area (Å²) >= 11 is 0. The summed E-state index contributed by atoms with van der Waals surface area (Å²) in [5.41, 5.74) is 3.53. The molecule has 0 bridgehead atoms. The van der Waals surface area contributed by atoms with Crippen LogP contribution in [-0.2, 0) is 9.53 Å². The van der Waals surface area contributed by atoms with Crippen molar-refractivity contribution in [1.82, 2.24) is 10.7 Å². The number of carboxylic acid groups (broad SMARTS) is 1. The minimum atomic E-state index is -1.25. The minimum Gasteiger partial charge on any atom is -0.476 e. The van der Waals surface area contributed by atoms with Crippen LogP contribution in [0.25, 0.3) is 0 Å². The predicted octanol–water partition coefficient (Wildman–Crippen LogP) is 0.726. The van der Waals surface area contributed by atoms with Crippen molar-refractivity contribution in [3.63, 3.8) is 0 Å². The van der Waals surface area contributed by atoms with E-state index < -0.39 is 12.1 Å². The van der Waals surface area contributed by atoms with Crippen LogP contribution in [0, 0.1) is 6.92 Å². The number of carbonyl (C=O) groups is 2. The summed E-state index contributed by atoms with van der Waals surface area (Å²) in [6.07, 6.45) is -0.803. The quantitative estimate of drug-likeness (QED) is 0.828. The number of nitrogens with zero attached hydrogens (tertiary/aromatic N) is 3. The first-order chi connectivity index (χ1) is 9.52. The van der Waals surface area contributed by atoms with Crippen molar-refractivity contribution < 1.29 is 19.4 Å². The smallest absolute Gasteiger partial charge is 0.451 e. The molecular weight excluding hydrogens is 264 g/mol. The highest BCUT2D eigenvalue weighted by molar-refractivity contribution is 6.68. The Labute approximate surface area is 114 Å². The normalized spacial score (nSPS) is 14.0. The van der Waals surface area contributed by atoms with Gasteiger partial charge in [0.15, 0.2) is 5.71 Å². The molecular formula is C12H12N4O4. The SMILES string of the molecule is COC(=O)N1N=C(c2ccc(C)cc2)C(C(=O)O)=NN1. The number of carbonyl (C=O) groups excluding carboxylic acids is 1. The molecule has 1 aliphatic heterocycles. The number of hydrogen-bond acceptors (Lipinski definition) is 6. The van der Waals surface area contributed by atoms with Gasteiger partial charge < -0.3 is 9.84 Å². The Bertz CT molecular complexity index is 606. The third-order valence-electron chi connectivity index (χ3n) is 2.56. The van der Waals surface area contributed by atoms with Crippen LogP contribution in [0.4, 0.5) is 4.79 Å². The fraction of sp³-hybridized carbons (Fsp3) is 0.167. The maximum atomic E-state index is 11.4. The molecule has 8 heteroatoms. The van der Waals surface area contributed by atoms with Crippen LogP contribution in [0.3, 0.4) is 0 Å². The summed E-state index contributed by atoms with van der Waals surface area (Å²) in [6.45, 7) is 1.90. The van der Waals surface area contributed by atoms with Crippen LogP contribution in [0.15, 0.2) is 34.5 Å². The molecule has 0 saturated heterocycles. The van der Waals surface area contributed by atoms with E-state index in [0.717, 1.165) is 10.7 Å². The first kappa shape index (κ1) is 13.5. The first-order valence-corrected chi connectivity index (χ1v) is 5.63. The third-order valence-corrected chi connectivity index (χ3v) is 2.56. The molecule has 0 atom stereocenters. The van der Waals surface area contributed by atoms with Crippen molar-refractivity contribution in [2.75, 3.05) is 7.11 Å². The van der Waals surface area contributed by atoms with E-state index in [1.54, 1.807) is 12.1 Å². The molecule has 1 aliphatic rings. The zero-order valence-electron chi connectivity index (χ0n) is 10.8. The molecule has 0 unspecified atom stereocenters. The number of aryl methyl sites for hydroxylation is 1. The van der Waals surface area contributed by atoms with E-state index in [1.807, 2.05) is 19.1 Å². The number of aliphatic carboxylic acids is 1. The number of methoxy groups -OCH3 is 1. The largest absolute Gasteiger partial charge is 0.476 e. The lowest BCUT2D eigenvalue weighted by atomic mass is 10.0. The van der Waals surface area contributed by atoms with E-state index in [9.17, 15) is 9.59 Å². The molecule has 1 aromatic rings. The molecule has 1 aromatic carbocycles. The molecule has 0 aliphatic carbocycles. The molecule has 0 saturated carbocycles. The fourth-order valence-electron chi connectivity index (χ4n) is 1.54. The summed E-state index contributed by atoms with van der Waals surface area (Å²) in [4.78, 5) is 22.6. The van der Waals surface area contributed by atoms with Crippen LogP contribution in [0.1, 0.15) is 11.1 Å². The van der Waals surface area contributed by atoms with E-state index in [0.29, 0.717) is 5.56 Å². The Balaban J connectivity index is 2.43. The highest BCUT2D eigenvalue weighted by atomic mass is 16.6. The summed E-state index contributed by atoms with van der Waals surface area (Å²) in [7, 11) is 1.18. The van der Waals surface area contributed by atoms with Crippen molar-refractivity contribution in [2.45, 2.75) is 6.92 Å². The molecule has 1 heterocycles. The number of nitrogens with one attached hydrogen (secondary N) is 1. The van der Waals surface area contributed by atoms with Gasteiger partial charge >= 0.3 is 12.1 Å². The molecule has 0 fully saturated rings. The van der Waals surface area contributed by atoms with Crippen LogP contribution < -0.4 is 5.53 Å². The monoisotopic (exact) mass is 276 g/mol. The van der Waals surface area contributed by atoms with E-state index >= 15 is 0 Å². The lowest BCUT2D eigenvalue weighted by Crippen LogP contribution is -2.44. The zero-order valence-corrected chi connectivity index (χ0v) is 10.8. The number of ether oxygens (including phenoxy) is 1. The Kier molecular flexibility index (Phi) is 3.65. The van der Waals surface area contributed by atoms with Crippen LogP contribution >= 0.6 is 0 Å². The third kappa shape index (κ3) is 2.58. The van der Waals surface area contributed by atoms with Gasteiger partial charge in [0.2, 0.25) is 0 Å². The maximum absolute atomic E-state index is 11.4. The number of benzene rings is 1. The van der Waals surface area contributed by atoms with Gasteiger partial charge in [-0.25, -0.2) is 9.59 Å². The number of hydrazone groups is 2. The van der Waals surface area contributed by atoms with E-state index in [2.05, 4.69) is 20.5 Å². The molecule has 2 N–H and O–H groups in total. The van der Waals surface area contributed by atoms with Crippen molar-refractivity contribution in [3.05, 3.63) is 35.4 Å². The summed E-state index contributed by atoms with van der Waals surface area (Å²) in [5, 5.41) is 17.4. The number of amides is 1. The van der Waals surface area contributed by atoms with Gasteiger partial charge in [0.05, 0.1) is 7.11 Å². The highest BCUT2D eigenvalue weighted by Crippen LogP contribution is 2.10. The van der Waals surface area contributed by atoms with Gasteiger partial charge in [0.25, 0.3) is 0 Å². The fourth-order valence-corrected chi connectivity index (χ4v) is 1.54. The Hall–Kier alpha value is -2.90. The van der Waals surface area contributed by atoms with E-state index in [-0.39, 0.29) is 11.4 Å². The second-order valence-corrected chi connectivity index (χ2v) is 3.96. The number of hydrazine groups is 1. The molecule has 1 amide bonds. The number of rotatable bonds is 2. The average molecular weight is 276 g/mol. The maximum Gasteiger partial charge on any atom is 0.451 e. The molecule has 104 valence electrons. The van der Waals surface area contributed by atoms with E-state index in [1.165, 1.54) is 7.11 Å². The van der Waals surface area contributed by atoms with Crippen molar-refractivity contribution in [3.8, 4) is 0 Å². The molecule has 8 nitrogen and oxygen atoms in total. The van der Waals surface area contributed by atoms with Gasteiger partial charge in [-0.1, -0.05) is 34.9 Å². The summed E-state index contributed by atoms with van der Waals surface area (Å²) < 4.78 is 4.49. The first-order valence-electron chi connectivity index (χ1n) is 5.63. The van der Waals surface area contributed by atoms with Crippen molar-refractivity contribution >= 4 is 23.5 Å². The Morgan fingerprint density at radius 1 is 1.30 bits per heavy atom. The molecule has 0 spiro atoms. The topological polar surface area (TPSA) is 104 Å². The minimum absolute atomic E-state index is 0.0710. The van der Waals surface area contributed by atoms with Crippen molar-refractivity contribution in [2.24, 2.45) is 10.2 Å². The van der Waals surface area contributed by atoms with Gasteiger partial charge in [0, 0.05) is 5.56 Å². The highest BCUT2D eigenvalue weighted by Gasteiger charge is 2.27.